The number of rotatable bonds is 3. The van der Waals surface area contributed by atoms with Crippen LogP contribution in [0.2, 0.25) is 0 Å². The lowest BCUT2D eigenvalue weighted by atomic mass is 10.1. The zero-order chi connectivity index (χ0) is 14.4. The molecule has 0 saturated carbocycles. The van der Waals surface area contributed by atoms with Gasteiger partial charge in [-0.25, -0.2) is 0 Å². The zero-order valence-electron chi connectivity index (χ0n) is 11.6. The minimum absolute atomic E-state index is 0.0829. The van der Waals surface area contributed by atoms with Gasteiger partial charge in [0.2, 0.25) is 5.91 Å². The van der Waals surface area contributed by atoms with Crippen molar-refractivity contribution in [3.63, 3.8) is 0 Å². The number of nitrogens with one attached hydrogen (secondary N) is 1. The molecule has 0 aromatic heterocycles. The van der Waals surface area contributed by atoms with Crippen LogP contribution in [0.25, 0.3) is 0 Å². The molecule has 1 unspecified atom stereocenters. The van der Waals surface area contributed by atoms with Crippen LogP contribution in [0.1, 0.15) is 24.0 Å². The van der Waals surface area contributed by atoms with Crippen LogP contribution in [0.3, 0.4) is 0 Å². The Morgan fingerprint density at radius 3 is 3.05 bits per heavy atom. The maximum Gasteiger partial charge on any atom is 0.228 e. The molecule has 0 aliphatic carbocycles. The number of aryl methyl sites for hydroxylation is 1. The summed E-state index contributed by atoms with van der Waals surface area (Å²) in [6.45, 7) is 2.05. The second-order valence-electron chi connectivity index (χ2n) is 4.85. The number of aliphatic hydroxyl groups is 1. The average molecular weight is 289 g/mol. The molecule has 0 spiro atoms. The number of thioether (sulfide) groups is 1. The number of carbonyl (C=O) groups is 1. The van der Waals surface area contributed by atoms with Gasteiger partial charge in [0.25, 0.3) is 0 Å². The van der Waals surface area contributed by atoms with Crippen LogP contribution < -0.4 is 5.32 Å². The van der Waals surface area contributed by atoms with Gasteiger partial charge in [-0.2, -0.15) is 11.8 Å². The van der Waals surface area contributed by atoms with Crippen LogP contribution in [-0.2, 0) is 4.79 Å². The molecular formula is C16H19NO2S. The number of anilines is 1. The molecule has 20 heavy (non-hydrogen) atoms. The highest BCUT2D eigenvalue weighted by atomic mass is 32.2. The van der Waals surface area contributed by atoms with Crippen molar-refractivity contribution in [2.24, 2.45) is 5.92 Å². The highest BCUT2D eigenvalue weighted by Gasteiger charge is 2.23. The van der Waals surface area contributed by atoms with Gasteiger partial charge in [-0.15, -0.1) is 0 Å². The van der Waals surface area contributed by atoms with E-state index in [1.54, 1.807) is 0 Å². The molecule has 1 amide bonds. The van der Waals surface area contributed by atoms with Crippen LogP contribution in [0, 0.1) is 24.7 Å². The highest BCUT2D eigenvalue weighted by Crippen LogP contribution is 2.25. The predicted octanol–water partition coefficient (Wildman–Crippen LogP) is 2.42. The van der Waals surface area contributed by atoms with Crippen LogP contribution in [0.5, 0.6) is 0 Å². The Kier molecular flexibility index (Phi) is 5.51. The second kappa shape index (κ2) is 7.37. The van der Waals surface area contributed by atoms with E-state index in [2.05, 4.69) is 17.2 Å². The molecule has 0 bridgehead atoms. The zero-order valence-corrected chi connectivity index (χ0v) is 12.4. The maximum absolute atomic E-state index is 12.1. The van der Waals surface area contributed by atoms with Gasteiger partial charge in [0.05, 0.1) is 6.61 Å². The van der Waals surface area contributed by atoms with Gasteiger partial charge in [0.15, 0.2) is 0 Å². The lowest BCUT2D eigenvalue weighted by molar-refractivity contribution is -0.119. The Morgan fingerprint density at radius 1 is 1.55 bits per heavy atom. The van der Waals surface area contributed by atoms with Gasteiger partial charge >= 0.3 is 0 Å². The second-order valence-corrected chi connectivity index (χ2v) is 6.00. The molecule has 1 aromatic carbocycles. The molecule has 1 heterocycles. The first kappa shape index (κ1) is 15.0. The fourth-order valence-electron chi connectivity index (χ4n) is 2.08. The quantitative estimate of drug-likeness (QED) is 0.840. The Morgan fingerprint density at radius 2 is 2.40 bits per heavy atom. The lowest BCUT2D eigenvalue weighted by Crippen LogP contribution is -2.22. The SMILES string of the molecule is Cc1cc(C#CCCO)ccc1NC(=O)C1CCSC1. The van der Waals surface area contributed by atoms with E-state index in [0.717, 1.165) is 34.7 Å². The summed E-state index contributed by atoms with van der Waals surface area (Å²) < 4.78 is 0. The first-order valence-corrected chi connectivity index (χ1v) is 7.95. The number of aliphatic hydroxyl groups excluding tert-OH is 1. The third kappa shape index (κ3) is 4.03. The van der Waals surface area contributed by atoms with E-state index in [1.807, 2.05) is 36.9 Å². The van der Waals surface area contributed by atoms with Crippen LogP contribution >= 0.6 is 11.8 Å². The summed E-state index contributed by atoms with van der Waals surface area (Å²) in [6.07, 6.45) is 1.46. The molecular weight excluding hydrogens is 270 g/mol. The van der Waals surface area contributed by atoms with Gasteiger partial charge in [-0.05, 0) is 42.9 Å². The van der Waals surface area contributed by atoms with Crippen LogP contribution in [0.15, 0.2) is 18.2 Å². The van der Waals surface area contributed by atoms with Gasteiger partial charge in [0.1, 0.15) is 0 Å². The summed E-state index contributed by atoms with van der Waals surface area (Å²) in [6, 6.07) is 5.76. The molecule has 2 rings (SSSR count). The molecule has 1 aliphatic rings. The number of hydrogen-bond donors (Lipinski definition) is 2. The lowest BCUT2D eigenvalue weighted by Gasteiger charge is -2.12. The molecule has 0 radical (unpaired) electrons. The van der Waals surface area contributed by atoms with Gasteiger partial charge in [0, 0.05) is 29.3 Å². The Hall–Kier alpha value is -1.44. The topological polar surface area (TPSA) is 49.3 Å². The van der Waals surface area contributed by atoms with Crippen molar-refractivity contribution in [3.8, 4) is 11.8 Å². The highest BCUT2D eigenvalue weighted by molar-refractivity contribution is 7.99. The smallest absolute Gasteiger partial charge is 0.228 e. The standard InChI is InChI=1S/C16H19NO2S/c1-12-10-13(4-2-3-8-18)5-6-15(12)17-16(19)14-7-9-20-11-14/h5-6,10,14,18H,3,7-9,11H2,1H3,(H,17,19). The number of hydrogen-bond acceptors (Lipinski definition) is 3. The molecule has 1 saturated heterocycles. The summed E-state index contributed by atoms with van der Waals surface area (Å²) in [5.74, 6) is 8.16. The Labute approximate surface area is 124 Å². The van der Waals surface area contributed by atoms with Crippen molar-refractivity contribution < 1.29 is 9.90 Å². The normalized spacial score (nSPS) is 17.4. The van der Waals surface area contributed by atoms with E-state index < -0.39 is 0 Å². The number of amides is 1. The summed E-state index contributed by atoms with van der Waals surface area (Å²) in [4.78, 5) is 12.1. The van der Waals surface area contributed by atoms with E-state index in [4.69, 9.17) is 5.11 Å². The summed E-state index contributed by atoms with van der Waals surface area (Å²) in [5.41, 5.74) is 2.78. The molecule has 2 N–H and O–H groups in total. The fourth-order valence-corrected chi connectivity index (χ4v) is 3.30. The summed E-state index contributed by atoms with van der Waals surface area (Å²) >= 11 is 1.84. The van der Waals surface area contributed by atoms with E-state index >= 15 is 0 Å². The van der Waals surface area contributed by atoms with E-state index in [0.29, 0.717) is 6.42 Å². The monoisotopic (exact) mass is 289 g/mol. The molecule has 1 aromatic rings. The van der Waals surface area contributed by atoms with Crippen LogP contribution in [-0.4, -0.2) is 29.1 Å². The average Bonchev–Trinajstić information content (AvgIpc) is 2.96. The van der Waals surface area contributed by atoms with Crippen molar-refractivity contribution >= 4 is 23.4 Å². The fraction of sp³-hybridized carbons (Fsp3) is 0.438. The number of carbonyl (C=O) groups excluding carboxylic acids is 1. The molecule has 3 nitrogen and oxygen atoms in total. The van der Waals surface area contributed by atoms with Gasteiger partial charge in [-0.1, -0.05) is 11.8 Å². The van der Waals surface area contributed by atoms with Crippen molar-refractivity contribution in [2.45, 2.75) is 19.8 Å². The third-order valence-corrected chi connectivity index (χ3v) is 4.42. The van der Waals surface area contributed by atoms with E-state index in [1.165, 1.54) is 0 Å². The molecule has 4 heteroatoms. The van der Waals surface area contributed by atoms with E-state index in [-0.39, 0.29) is 18.4 Å². The summed E-state index contributed by atoms with van der Waals surface area (Å²) in [5, 5.41) is 11.7. The number of benzene rings is 1. The summed E-state index contributed by atoms with van der Waals surface area (Å²) in [7, 11) is 0. The van der Waals surface area contributed by atoms with E-state index in [9.17, 15) is 4.79 Å². The van der Waals surface area contributed by atoms with Crippen molar-refractivity contribution in [2.75, 3.05) is 23.4 Å². The van der Waals surface area contributed by atoms with Gasteiger partial charge in [-0.3, -0.25) is 4.79 Å². The molecule has 1 aliphatic heterocycles. The molecule has 1 atom stereocenters. The largest absolute Gasteiger partial charge is 0.395 e. The van der Waals surface area contributed by atoms with Gasteiger partial charge < -0.3 is 10.4 Å². The Balaban J connectivity index is 2.02. The predicted molar refractivity (Wildman–Crippen MR) is 83.8 cm³/mol. The van der Waals surface area contributed by atoms with Crippen molar-refractivity contribution in [1.29, 1.82) is 0 Å². The minimum atomic E-state index is 0.0829. The molecule has 106 valence electrons. The maximum atomic E-state index is 12.1. The minimum Gasteiger partial charge on any atom is -0.395 e. The first-order chi connectivity index (χ1) is 9.70. The third-order valence-electron chi connectivity index (χ3n) is 3.25. The van der Waals surface area contributed by atoms with Crippen molar-refractivity contribution in [1.82, 2.24) is 0 Å². The molecule has 1 fully saturated rings. The van der Waals surface area contributed by atoms with Crippen LogP contribution in [0.4, 0.5) is 5.69 Å². The van der Waals surface area contributed by atoms with Crippen molar-refractivity contribution in [3.05, 3.63) is 29.3 Å². The first-order valence-electron chi connectivity index (χ1n) is 6.79. The Bertz CT molecular complexity index is 539.